The summed E-state index contributed by atoms with van der Waals surface area (Å²) in [4.78, 5) is 12.8. The van der Waals surface area contributed by atoms with E-state index in [9.17, 15) is 9.18 Å². The van der Waals surface area contributed by atoms with Crippen LogP contribution < -0.4 is 5.56 Å². The van der Waals surface area contributed by atoms with Crippen molar-refractivity contribution in [2.24, 2.45) is 0 Å². The molecule has 1 aliphatic rings. The molecule has 2 heterocycles. The van der Waals surface area contributed by atoms with Crippen molar-refractivity contribution >= 4 is 5.52 Å². The number of hydrogen-bond donors (Lipinski definition) is 0. The largest absolute Gasteiger partial charge is 0.308 e. The molecule has 0 aliphatic heterocycles. The van der Waals surface area contributed by atoms with Crippen LogP contribution >= 0.6 is 0 Å². The smallest absolute Gasteiger partial charge is 0.277 e. The van der Waals surface area contributed by atoms with Crippen molar-refractivity contribution in [3.8, 4) is 0 Å². The van der Waals surface area contributed by atoms with Gasteiger partial charge in [0.05, 0.1) is 12.2 Å². The van der Waals surface area contributed by atoms with Gasteiger partial charge in [0.25, 0.3) is 5.56 Å². The number of hydrogen-bond acceptors (Lipinski definition) is 2. The molecule has 0 radical (unpaired) electrons. The first-order valence-corrected chi connectivity index (χ1v) is 7.57. The molecule has 3 aromatic rings. The van der Waals surface area contributed by atoms with Gasteiger partial charge < -0.3 is 4.57 Å². The third-order valence-corrected chi connectivity index (χ3v) is 4.33. The summed E-state index contributed by atoms with van der Waals surface area (Å²) in [6.45, 7) is 0.238. The van der Waals surface area contributed by atoms with Gasteiger partial charge in [-0.15, -0.1) is 0 Å². The molecule has 5 heteroatoms. The predicted molar refractivity (Wildman–Crippen MR) is 81.6 cm³/mol. The monoisotopic (exact) mass is 297 g/mol. The van der Waals surface area contributed by atoms with Crippen molar-refractivity contribution in [3.63, 3.8) is 0 Å². The van der Waals surface area contributed by atoms with Crippen LogP contribution in [-0.2, 0) is 19.4 Å². The maximum Gasteiger partial charge on any atom is 0.277 e. The van der Waals surface area contributed by atoms with Gasteiger partial charge in [-0.05, 0) is 31.7 Å². The van der Waals surface area contributed by atoms with Crippen molar-refractivity contribution in [2.45, 2.75) is 32.2 Å². The zero-order chi connectivity index (χ0) is 15.1. The van der Waals surface area contributed by atoms with Crippen molar-refractivity contribution in [1.82, 2.24) is 14.2 Å². The van der Waals surface area contributed by atoms with Gasteiger partial charge in [-0.1, -0.05) is 18.2 Å². The van der Waals surface area contributed by atoms with Crippen LogP contribution in [-0.4, -0.2) is 14.2 Å². The Labute approximate surface area is 126 Å². The highest BCUT2D eigenvalue weighted by Crippen LogP contribution is 2.22. The first-order chi connectivity index (χ1) is 10.7. The Morgan fingerprint density at radius 1 is 1.14 bits per heavy atom. The number of aromatic nitrogens is 3. The summed E-state index contributed by atoms with van der Waals surface area (Å²) in [7, 11) is 0. The predicted octanol–water partition coefficient (Wildman–Crippen LogP) is 2.56. The quantitative estimate of drug-likeness (QED) is 0.729. The van der Waals surface area contributed by atoms with Gasteiger partial charge >= 0.3 is 0 Å². The van der Waals surface area contributed by atoms with Crippen LogP contribution in [0.15, 0.2) is 41.5 Å². The Hall–Kier alpha value is -2.43. The lowest BCUT2D eigenvalue weighted by molar-refractivity contribution is 0.595. The van der Waals surface area contributed by atoms with Crippen LogP contribution in [0.4, 0.5) is 4.39 Å². The maximum absolute atomic E-state index is 13.8. The van der Waals surface area contributed by atoms with E-state index < -0.39 is 0 Å². The van der Waals surface area contributed by atoms with E-state index in [4.69, 9.17) is 0 Å². The fourth-order valence-electron chi connectivity index (χ4n) is 3.19. The molecule has 0 spiro atoms. The fourth-order valence-corrected chi connectivity index (χ4v) is 3.19. The molecule has 112 valence electrons. The van der Waals surface area contributed by atoms with Gasteiger partial charge in [0.15, 0.2) is 0 Å². The van der Waals surface area contributed by atoms with E-state index in [1.165, 1.54) is 6.07 Å². The van der Waals surface area contributed by atoms with Crippen LogP contribution in [0.2, 0.25) is 0 Å². The van der Waals surface area contributed by atoms with Gasteiger partial charge in [-0.3, -0.25) is 4.79 Å². The summed E-state index contributed by atoms with van der Waals surface area (Å²) in [6, 6.07) is 6.55. The zero-order valence-corrected chi connectivity index (χ0v) is 12.1. The van der Waals surface area contributed by atoms with Crippen LogP contribution in [0.3, 0.4) is 0 Å². The van der Waals surface area contributed by atoms with E-state index >= 15 is 0 Å². The summed E-state index contributed by atoms with van der Waals surface area (Å²) in [5, 5.41) is 4.51. The van der Waals surface area contributed by atoms with Gasteiger partial charge in [-0.25, -0.2) is 8.91 Å². The van der Waals surface area contributed by atoms with Gasteiger partial charge in [0, 0.05) is 23.5 Å². The van der Waals surface area contributed by atoms with Crippen LogP contribution in [0.25, 0.3) is 5.52 Å². The molecule has 0 amide bonds. The Kier molecular flexibility index (Phi) is 3.06. The lowest BCUT2D eigenvalue weighted by Crippen LogP contribution is -2.23. The standard InChI is InChI=1S/C17H16FN3O/c18-14-7-3-1-5-12(14)11-20-9-10-21-16(17(20)22)13-6-2-4-8-15(13)19-21/h1,3,5,7,9-10H,2,4,6,8,11H2. The molecule has 0 atom stereocenters. The van der Waals surface area contributed by atoms with E-state index in [2.05, 4.69) is 5.10 Å². The molecule has 22 heavy (non-hydrogen) atoms. The van der Waals surface area contributed by atoms with Crippen molar-refractivity contribution in [2.75, 3.05) is 0 Å². The zero-order valence-electron chi connectivity index (χ0n) is 12.1. The number of aryl methyl sites for hydroxylation is 2. The molecule has 1 aromatic carbocycles. The SMILES string of the molecule is O=c1c2c3c(nn2ccn1Cc1ccccc1F)CCCC3. The normalized spacial score (nSPS) is 14.2. The van der Waals surface area contributed by atoms with Crippen LogP contribution in [0, 0.1) is 5.82 Å². The fraction of sp³-hybridized carbons (Fsp3) is 0.294. The third kappa shape index (κ3) is 2.04. The van der Waals surface area contributed by atoms with Crippen molar-refractivity contribution < 1.29 is 4.39 Å². The van der Waals surface area contributed by atoms with Crippen LogP contribution in [0.5, 0.6) is 0 Å². The summed E-state index contributed by atoms with van der Waals surface area (Å²) in [5.74, 6) is -0.287. The minimum Gasteiger partial charge on any atom is -0.308 e. The molecule has 0 unspecified atom stereocenters. The highest BCUT2D eigenvalue weighted by Gasteiger charge is 2.19. The highest BCUT2D eigenvalue weighted by atomic mass is 19.1. The average Bonchev–Trinajstić information content (AvgIpc) is 2.91. The minimum absolute atomic E-state index is 0.0959. The molecule has 4 nitrogen and oxygen atoms in total. The van der Waals surface area contributed by atoms with E-state index in [0.717, 1.165) is 36.9 Å². The summed E-state index contributed by atoms with van der Waals surface area (Å²) in [5.41, 5.74) is 3.17. The van der Waals surface area contributed by atoms with E-state index in [1.54, 1.807) is 39.7 Å². The van der Waals surface area contributed by atoms with Gasteiger partial charge in [-0.2, -0.15) is 5.10 Å². The molecular weight excluding hydrogens is 281 g/mol. The first-order valence-electron chi connectivity index (χ1n) is 7.57. The van der Waals surface area contributed by atoms with E-state index in [-0.39, 0.29) is 17.9 Å². The molecule has 2 aromatic heterocycles. The van der Waals surface area contributed by atoms with Gasteiger partial charge in [0.1, 0.15) is 11.3 Å². The summed E-state index contributed by atoms with van der Waals surface area (Å²) in [6.07, 6.45) is 7.52. The van der Waals surface area contributed by atoms with Gasteiger partial charge in [0.2, 0.25) is 0 Å². The lowest BCUT2D eigenvalue weighted by atomic mass is 9.97. The number of fused-ring (bicyclic) bond motifs is 3. The molecule has 0 N–H and O–H groups in total. The number of nitrogens with zero attached hydrogens (tertiary/aromatic N) is 3. The Morgan fingerprint density at radius 2 is 1.95 bits per heavy atom. The number of benzene rings is 1. The molecule has 1 aliphatic carbocycles. The molecule has 0 bridgehead atoms. The van der Waals surface area contributed by atoms with Crippen molar-refractivity contribution in [1.29, 1.82) is 0 Å². The Balaban J connectivity index is 1.84. The second-order valence-electron chi connectivity index (χ2n) is 5.75. The Morgan fingerprint density at radius 3 is 2.82 bits per heavy atom. The van der Waals surface area contributed by atoms with Crippen molar-refractivity contribution in [3.05, 3.63) is 69.7 Å². The first kappa shape index (κ1) is 13.2. The highest BCUT2D eigenvalue weighted by molar-refractivity contribution is 5.55. The second kappa shape index (κ2) is 5.09. The number of halogens is 1. The Bertz CT molecular complexity index is 910. The topological polar surface area (TPSA) is 39.3 Å². The molecule has 4 rings (SSSR count). The van der Waals surface area contributed by atoms with Crippen LogP contribution in [0.1, 0.15) is 29.7 Å². The molecule has 0 fully saturated rings. The minimum atomic E-state index is -0.287. The lowest BCUT2D eigenvalue weighted by Gasteiger charge is -2.10. The second-order valence-corrected chi connectivity index (χ2v) is 5.75. The summed E-state index contributed by atoms with van der Waals surface area (Å²) >= 11 is 0. The molecule has 0 saturated heterocycles. The van der Waals surface area contributed by atoms with E-state index in [0.29, 0.717) is 11.1 Å². The maximum atomic E-state index is 13.8. The number of rotatable bonds is 2. The third-order valence-electron chi connectivity index (χ3n) is 4.33. The van der Waals surface area contributed by atoms with E-state index in [1.807, 2.05) is 0 Å². The average molecular weight is 297 g/mol. The summed E-state index contributed by atoms with van der Waals surface area (Å²) < 4.78 is 17.0. The molecule has 0 saturated carbocycles. The molecular formula is C17H16FN3O.